The van der Waals surface area contributed by atoms with Crippen LogP contribution in [0.3, 0.4) is 0 Å². The summed E-state index contributed by atoms with van der Waals surface area (Å²) < 4.78 is 27.2. The molecule has 0 spiro atoms. The van der Waals surface area contributed by atoms with Crippen molar-refractivity contribution in [2.24, 2.45) is 0 Å². The minimum Gasteiger partial charge on any atom is -0.481 e. The van der Waals surface area contributed by atoms with E-state index in [9.17, 15) is 23.3 Å². The van der Waals surface area contributed by atoms with E-state index in [1.54, 1.807) is 13.8 Å². The number of nitrogens with one attached hydrogen (secondary N) is 1. The Balaban J connectivity index is 3.11. The number of nitro groups is 1. The van der Waals surface area contributed by atoms with Gasteiger partial charge >= 0.3 is 5.97 Å². The second-order valence-corrected chi connectivity index (χ2v) is 7.24. The maximum Gasteiger partial charge on any atom is 0.303 e. The zero-order valence-corrected chi connectivity index (χ0v) is 13.3. The van der Waals surface area contributed by atoms with Crippen LogP contribution >= 0.6 is 0 Å². The van der Waals surface area contributed by atoms with Gasteiger partial charge in [0.15, 0.2) is 0 Å². The maximum atomic E-state index is 12.4. The number of benzene rings is 1. The lowest BCUT2D eigenvalue weighted by atomic mass is 10.0. The molecule has 9 heteroatoms. The topological polar surface area (TPSA) is 127 Å². The number of carbonyl (C=O) groups is 1. The van der Waals surface area contributed by atoms with Crippen molar-refractivity contribution in [3.05, 3.63) is 33.9 Å². The predicted molar refractivity (Wildman–Crippen MR) is 79.1 cm³/mol. The molecule has 2 N–H and O–H groups in total. The van der Waals surface area contributed by atoms with Gasteiger partial charge in [0.05, 0.1) is 9.82 Å². The highest BCUT2D eigenvalue weighted by Gasteiger charge is 2.28. The molecule has 0 bridgehead atoms. The largest absolute Gasteiger partial charge is 0.481 e. The van der Waals surface area contributed by atoms with Gasteiger partial charge in [0.1, 0.15) is 0 Å². The van der Waals surface area contributed by atoms with Gasteiger partial charge in [-0.15, -0.1) is 0 Å². The number of hydrogen-bond acceptors (Lipinski definition) is 5. The van der Waals surface area contributed by atoms with E-state index in [1.807, 2.05) is 0 Å². The molecule has 122 valence electrons. The third-order valence-electron chi connectivity index (χ3n) is 3.05. The molecule has 1 aromatic rings. The molecule has 0 atom stereocenters. The number of non-ortho nitro benzene ring substituents is 1. The van der Waals surface area contributed by atoms with E-state index < -0.39 is 26.5 Å². The number of aliphatic carboxylic acids is 1. The van der Waals surface area contributed by atoms with Crippen LogP contribution in [0.4, 0.5) is 5.69 Å². The van der Waals surface area contributed by atoms with Crippen molar-refractivity contribution in [1.29, 1.82) is 0 Å². The van der Waals surface area contributed by atoms with Gasteiger partial charge in [-0.05, 0) is 32.8 Å². The van der Waals surface area contributed by atoms with E-state index in [-0.39, 0.29) is 23.4 Å². The Morgan fingerprint density at radius 2 is 2.00 bits per heavy atom. The summed E-state index contributed by atoms with van der Waals surface area (Å²) in [6, 6.07) is 3.58. The molecule has 22 heavy (non-hydrogen) atoms. The van der Waals surface area contributed by atoms with Crippen LogP contribution in [0, 0.1) is 17.0 Å². The SMILES string of the molecule is Cc1ccc([N+](=O)[O-])cc1S(=O)(=O)NC(C)(C)CCC(=O)O. The van der Waals surface area contributed by atoms with Crippen LogP contribution in [0.2, 0.25) is 0 Å². The predicted octanol–water partition coefficient (Wildman–Crippen LogP) is 1.82. The molecule has 8 nitrogen and oxygen atoms in total. The van der Waals surface area contributed by atoms with E-state index in [0.717, 1.165) is 6.07 Å². The highest BCUT2D eigenvalue weighted by Crippen LogP contribution is 2.24. The first-order chi connectivity index (χ1) is 9.94. The third kappa shape index (κ3) is 4.78. The van der Waals surface area contributed by atoms with Gasteiger partial charge in [0.2, 0.25) is 10.0 Å². The molecular weight excluding hydrogens is 312 g/mol. The number of carboxylic acid groups (broad SMARTS) is 1. The summed E-state index contributed by atoms with van der Waals surface area (Å²) >= 11 is 0. The minimum atomic E-state index is -4.00. The molecule has 0 unspecified atom stereocenters. The van der Waals surface area contributed by atoms with Crippen LogP contribution in [0.25, 0.3) is 0 Å². The van der Waals surface area contributed by atoms with Gasteiger partial charge in [-0.25, -0.2) is 13.1 Å². The van der Waals surface area contributed by atoms with Gasteiger partial charge in [-0.1, -0.05) is 6.07 Å². The molecule has 0 aliphatic rings. The molecular formula is C13H18N2O6S. The molecule has 1 rings (SSSR count). The number of rotatable bonds is 7. The number of carboxylic acids is 1. The van der Waals surface area contributed by atoms with E-state index >= 15 is 0 Å². The number of sulfonamides is 1. The Bertz CT molecular complexity index is 696. The maximum absolute atomic E-state index is 12.4. The van der Waals surface area contributed by atoms with Gasteiger partial charge in [-0.3, -0.25) is 14.9 Å². The highest BCUT2D eigenvalue weighted by atomic mass is 32.2. The average Bonchev–Trinajstić information content (AvgIpc) is 2.35. The molecule has 0 aliphatic heterocycles. The van der Waals surface area contributed by atoms with Crippen molar-refractivity contribution < 1.29 is 23.2 Å². The summed E-state index contributed by atoms with van der Waals surface area (Å²) in [5, 5.41) is 19.5. The van der Waals surface area contributed by atoms with Gasteiger partial charge in [0.25, 0.3) is 5.69 Å². The van der Waals surface area contributed by atoms with Crippen molar-refractivity contribution in [2.75, 3.05) is 0 Å². The first-order valence-corrected chi connectivity index (χ1v) is 7.94. The van der Waals surface area contributed by atoms with E-state index in [1.165, 1.54) is 19.1 Å². The minimum absolute atomic E-state index is 0.0928. The summed E-state index contributed by atoms with van der Waals surface area (Å²) in [5.41, 5.74) is -0.949. The lowest BCUT2D eigenvalue weighted by molar-refractivity contribution is -0.385. The number of aryl methyl sites for hydroxylation is 1. The van der Waals surface area contributed by atoms with E-state index in [0.29, 0.717) is 5.56 Å². The van der Waals surface area contributed by atoms with Crippen molar-refractivity contribution in [1.82, 2.24) is 4.72 Å². The van der Waals surface area contributed by atoms with Crippen molar-refractivity contribution in [3.8, 4) is 0 Å². The molecule has 0 aliphatic carbocycles. The van der Waals surface area contributed by atoms with Crippen LogP contribution in [-0.2, 0) is 14.8 Å². The smallest absolute Gasteiger partial charge is 0.303 e. The van der Waals surface area contributed by atoms with Crippen molar-refractivity contribution >= 4 is 21.7 Å². The van der Waals surface area contributed by atoms with Crippen LogP contribution in [-0.4, -0.2) is 30.0 Å². The average molecular weight is 330 g/mol. The summed E-state index contributed by atoms with van der Waals surface area (Å²) in [6.07, 6.45) is -0.0982. The number of nitrogens with zero attached hydrogens (tertiary/aromatic N) is 1. The third-order valence-corrected chi connectivity index (χ3v) is 4.89. The fourth-order valence-electron chi connectivity index (χ4n) is 1.88. The molecule has 0 radical (unpaired) electrons. The van der Waals surface area contributed by atoms with Crippen molar-refractivity contribution in [2.45, 2.75) is 44.0 Å². The molecule has 0 fully saturated rings. The molecule has 0 amide bonds. The van der Waals surface area contributed by atoms with Gasteiger partial charge < -0.3 is 5.11 Å². The van der Waals surface area contributed by atoms with Crippen LogP contribution < -0.4 is 4.72 Å². The second kappa shape index (κ2) is 6.41. The summed E-state index contributed by atoms with van der Waals surface area (Å²) in [7, 11) is -4.00. The van der Waals surface area contributed by atoms with E-state index in [2.05, 4.69) is 4.72 Å². The molecule has 0 aromatic heterocycles. The van der Waals surface area contributed by atoms with Crippen molar-refractivity contribution in [3.63, 3.8) is 0 Å². The number of nitro benzene ring substituents is 1. The quantitative estimate of drug-likeness (QED) is 0.580. The molecule has 1 aromatic carbocycles. The Labute approximate surface area is 128 Å². The summed E-state index contributed by atoms with van der Waals surface area (Å²) in [5.74, 6) is -1.03. The Morgan fingerprint density at radius 1 is 1.41 bits per heavy atom. The zero-order valence-electron chi connectivity index (χ0n) is 12.5. The molecule has 0 saturated heterocycles. The standard InChI is InChI=1S/C13H18N2O6S/c1-9-4-5-10(15(18)19)8-11(9)22(20,21)14-13(2,3)7-6-12(16)17/h4-5,8,14H,6-7H2,1-3H3,(H,16,17). The molecule has 0 saturated carbocycles. The van der Waals surface area contributed by atoms with E-state index in [4.69, 9.17) is 5.11 Å². The number of hydrogen-bond donors (Lipinski definition) is 2. The normalized spacial score (nSPS) is 12.1. The van der Waals surface area contributed by atoms with Crippen LogP contribution in [0.5, 0.6) is 0 Å². The summed E-state index contributed by atoms with van der Waals surface area (Å²) in [4.78, 5) is 20.5. The Morgan fingerprint density at radius 3 is 2.50 bits per heavy atom. The first kappa shape index (κ1) is 18.1. The fraction of sp³-hybridized carbons (Fsp3) is 0.462. The van der Waals surface area contributed by atoms with Crippen LogP contribution in [0.1, 0.15) is 32.3 Å². The van der Waals surface area contributed by atoms with Gasteiger partial charge in [0, 0.05) is 24.1 Å². The van der Waals surface area contributed by atoms with Gasteiger partial charge in [-0.2, -0.15) is 0 Å². The highest BCUT2D eigenvalue weighted by molar-refractivity contribution is 7.89. The first-order valence-electron chi connectivity index (χ1n) is 6.45. The second-order valence-electron chi connectivity index (χ2n) is 5.59. The lowest BCUT2D eigenvalue weighted by Crippen LogP contribution is -2.43. The van der Waals surface area contributed by atoms with Crippen LogP contribution in [0.15, 0.2) is 23.1 Å². The Hall–Kier alpha value is -2.00. The lowest BCUT2D eigenvalue weighted by Gasteiger charge is -2.25. The fourth-order valence-corrected chi connectivity index (χ4v) is 3.59. The molecule has 0 heterocycles. The zero-order chi connectivity index (χ0) is 17.1. The summed E-state index contributed by atoms with van der Waals surface area (Å²) in [6.45, 7) is 4.64. The monoisotopic (exact) mass is 330 g/mol. The Kier molecular flexibility index (Phi) is 5.26.